The fourth-order valence-corrected chi connectivity index (χ4v) is 2.90. The van der Waals surface area contributed by atoms with Gasteiger partial charge >= 0.3 is 0 Å². The minimum absolute atomic E-state index is 0.132. The van der Waals surface area contributed by atoms with Crippen LogP contribution in [0.2, 0.25) is 0 Å². The standard InChI is InChI=1S/C16H21N3O/c1-12(2)14-18-15(20-19-14)16(8-10-17-11-9-16)13-6-4-3-5-7-13/h3-7,12,17H,8-11H2,1-2H3. The summed E-state index contributed by atoms with van der Waals surface area (Å²) >= 11 is 0. The molecule has 2 aromatic rings. The molecule has 1 N–H and O–H groups in total. The lowest BCUT2D eigenvalue weighted by atomic mass is 9.73. The maximum absolute atomic E-state index is 5.63. The van der Waals surface area contributed by atoms with Crippen LogP contribution >= 0.6 is 0 Å². The molecule has 1 aromatic carbocycles. The van der Waals surface area contributed by atoms with Crippen LogP contribution in [0.15, 0.2) is 34.9 Å². The van der Waals surface area contributed by atoms with E-state index in [2.05, 4.69) is 53.6 Å². The van der Waals surface area contributed by atoms with Crippen LogP contribution < -0.4 is 5.32 Å². The Labute approximate surface area is 119 Å². The van der Waals surface area contributed by atoms with Crippen molar-refractivity contribution < 1.29 is 4.52 Å². The van der Waals surface area contributed by atoms with Crippen molar-refractivity contribution in [1.82, 2.24) is 15.5 Å². The van der Waals surface area contributed by atoms with Gasteiger partial charge < -0.3 is 9.84 Å². The number of nitrogens with one attached hydrogen (secondary N) is 1. The lowest BCUT2D eigenvalue weighted by Gasteiger charge is -2.34. The molecule has 1 aliphatic heterocycles. The van der Waals surface area contributed by atoms with Gasteiger partial charge in [0.25, 0.3) is 0 Å². The number of hydrogen-bond acceptors (Lipinski definition) is 4. The lowest BCUT2D eigenvalue weighted by molar-refractivity contribution is 0.259. The molecule has 0 aliphatic carbocycles. The molecule has 1 fully saturated rings. The largest absolute Gasteiger partial charge is 0.338 e. The van der Waals surface area contributed by atoms with Gasteiger partial charge in [0.2, 0.25) is 5.89 Å². The number of nitrogens with zero attached hydrogens (tertiary/aromatic N) is 2. The SMILES string of the molecule is CC(C)c1noc(C2(c3ccccc3)CCNCC2)n1. The average molecular weight is 271 g/mol. The third-order valence-electron chi connectivity index (χ3n) is 4.15. The van der Waals surface area contributed by atoms with E-state index in [1.165, 1.54) is 5.56 Å². The van der Waals surface area contributed by atoms with E-state index >= 15 is 0 Å². The smallest absolute Gasteiger partial charge is 0.237 e. The van der Waals surface area contributed by atoms with E-state index in [0.29, 0.717) is 5.92 Å². The van der Waals surface area contributed by atoms with E-state index in [4.69, 9.17) is 4.52 Å². The summed E-state index contributed by atoms with van der Waals surface area (Å²) in [6.45, 7) is 6.14. The summed E-state index contributed by atoms with van der Waals surface area (Å²) in [5, 5.41) is 7.57. The van der Waals surface area contributed by atoms with E-state index in [-0.39, 0.29) is 5.41 Å². The van der Waals surface area contributed by atoms with Gasteiger partial charge in [-0.05, 0) is 31.5 Å². The monoisotopic (exact) mass is 271 g/mol. The summed E-state index contributed by atoms with van der Waals surface area (Å²) < 4.78 is 5.63. The van der Waals surface area contributed by atoms with Crippen LogP contribution in [0.1, 0.15) is 49.9 Å². The van der Waals surface area contributed by atoms with Gasteiger partial charge in [-0.3, -0.25) is 0 Å². The zero-order valence-electron chi connectivity index (χ0n) is 12.1. The molecule has 0 unspecified atom stereocenters. The van der Waals surface area contributed by atoms with Gasteiger partial charge in [0.1, 0.15) is 0 Å². The molecular formula is C16H21N3O. The Balaban J connectivity index is 2.05. The molecule has 106 valence electrons. The quantitative estimate of drug-likeness (QED) is 0.932. The molecule has 1 saturated heterocycles. The van der Waals surface area contributed by atoms with Crippen molar-refractivity contribution in [2.24, 2.45) is 0 Å². The minimum atomic E-state index is -0.132. The van der Waals surface area contributed by atoms with Crippen molar-refractivity contribution in [1.29, 1.82) is 0 Å². The van der Waals surface area contributed by atoms with Crippen molar-refractivity contribution in [3.63, 3.8) is 0 Å². The molecule has 1 aromatic heterocycles. The van der Waals surface area contributed by atoms with Crippen molar-refractivity contribution in [3.05, 3.63) is 47.6 Å². The maximum atomic E-state index is 5.63. The fraction of sp³-hybridized carbons (Fsp3) is 0.500. The first-order chi connectivity index (χ1) is 9.72. The van der Waals surface area contributed by atoms with Gasteiger partial charge in [0, 0.05) is 5.92 Å². The van der Waals surface area contributed by atoms with Crippen LogP contribution in [-0.4, -0.2) is 23.2 Å². The first kappa shape index (κ1) is 13.3. The summed E-state index contributed by atoms with van der Waals surface area (Å²) in [7, 11) is 0. The highest BCUT2D eigenvalue weighted by molar-refractivity contribution is 5.33. The Morgan fingerprint density at radius 1 is 1.15 bits per heavy atom. The number of benzene rings is 1. The predicted molar refractivity (Wildman–Crippen MR) is 77.7 cm³/mol. The van der Waals surface area contributed by atoms with Crippen LogP contribution in [0.4, 0.5) is 0 Å². The molecule has 0 bridgehead atoms. The van der Waals surface area contributed by atoms with Gasteiger partial charge in [0.05, 0.1) is 5.41 Å². The van der Waals surface area contributed by atoms with Crippen LogP contribution in [0.5, 0.6) is 0 Å². The summed E-state index contributed by atoms with van der Waals surface area (Å²) in [5.74, 6) is 1.87. The average Bonchev–Trinajstić information content (AvgIpc) is 2.99. The Hall–Kier alpha value is -1.68. The highest BCUT2D eigenvalue weighted by Crippen LogP contribution is 2.39. The molecule has 4 nitrogen and oxygen atoms in total. The second-order valence-electron chi connectivity index (χ2n) is 5.81. The molecule has 0 saturated carbocycles. The van der Waals surface area contributed by atoms with E-state index < -0.39 is 0 Å². The first-order valence-corrected chi connectivity index (χ1v) is 7.33. The van der Waals surface area contributed by atoms with Gasteiger partial charge in [-0.1, -0.05) is 49.3 Å². The van der Waals surface area contributed by atoms with Crippen LogP contribution in [0.25, 0.3) is 0 Å². The molecular weight excluding hydrogens is 250 g/mol. The molecule has 3 rings (SSSR count). The Kier molecular flexibility index (Phi) is 3.57. The van der Waals surface area contributed by atoms with Crippen LogP contribution in [0.3, 0.4) is 0 Å². The maximum Gasteiger partial charge on any atom is 0.237 e. The summed E-state index contributed by atoms with van der Waals surface area (Å²) in [5.41, 5.74) is 1.15. The van der Waals surface area contributed by atoms with Crippen molar-refractivity contribution in [2.45, 2.75) is 38.0 Å². The third-order valence-corrected chi connectivity index (χ3v) is 4.15. The van der Waals surface area contributed by atoms with E-state index in [1.54, 1.807) is 0 Å². The second kappa shape index (κ2) is 5.37. The van der Waals surface area contributed by atoms with Crippen molar-refractivity contribution >= 4 is 0 Å². The van der Waals surface area contributed by atoms with Gasteiger partial charge in [-0.25, -0.2) is 0 Å². The van der Waals surface area contributed by atoms with Gasteiger partial charge in [-0.15, -0.1) is 0 Å². The zero-order chi connectivity index (χ0) is 14.0. The second-order valence-corrected chi connectivity index (χ2v) is 5.81. The predicted octanol–water partition coefficient (Wildman–Crippen LogP) is 2.86. The molecule has 0 amide bonds. The minimum Gasteiger partial charge on any atom is -0.338 e. The highest BCUT2D eigenvalue weighted by atomic mass is 16.5. The molecule has 2 heterocycles. The van der Waals surface area contributed by atoms with Gasteiger partial charge in [0.15, 0.2) is 5.82 Å². The Bertz CT molecular complexity index is 556. The molecule has 4 heteroatoms. The van der Waals surface area contributed by atoms with Crippen LogP contribution in [0, 0.1) is 0 Å². The summed E-state index contributed by atoms with van der Waals surface area (Å²) in [6.07, 6.45) is 1.99. The number of aromatic nitrogens is 2. The number of rotatable bonds is 3. The van der Waals surface area contributed by atoms with E-state index in [9.17, 15) is 0 Å². The fourth-order valence-electron chi connectivity index (χ4n) is 2.90. The summed E-state index contributed by atoms with van der Waals surface area (Å²) in [4.78, 5) is 4.68. The van der Waals surface area contributed by atoms with E-state index in [0.717, 1.165) is 37.6 Å². The van der Waals surface area contributed by atoms with Gasteiger partial charge in [-0.2, -0.15) is 4.98 Å². The topological polar surface area (TPSA) is 51.0 Å². The summed E-state index contributed by atoms with van der Waals surface area (Å²) in [6, 6.07) is 10.6. The number of hydrogen-bond donors (Lipinski definition) is 1. The first-order valence-electron chi connectivity index (χ1n) is 7.33. The number of piperidine rings is 1. The molecule has 0 spiro atoms. The molecule has 1 aliphatic rings. The molecule has 20 heavy (non-hydrogen) atoms. The van der Waals surface area contributed by atoms with Crippen LogP contribution in [-0.2, 0) is 5.41 Å². The molecule has 0 radical (unpaired) electrons. The third kappa shape index (κ3) is 2.24. The van der Waals surface area contributed by atoms with E-state index in [1.807, 2.05) is 6.07 Å². The van der Waals surface area contributed by atoms with Crippen molar-refractivity contribution in [3.8, 4) is 0 Å². The normalized spacial score (nSPS) is 18.4. The Morgan fingerprint density at radius 2 is 1.85 bits per heavy atom. The van der Waals surface area contributed by atoms with Crippen molar-refractivity contribution in [2.75, 3.05) is 13.1 Å². The highest BCUT2D eigenvalue weighted by Gasteiger charge is 2.40. The lowest BCUT2D eigenvalue weighted by Crippen LogP contribution is -2.41. The molecule has 0 atom stereocenters. The zero-order valence-corrected chi connectivity index (χ0v) is 12.1. The Morgan fingerprint density at radius 3 is 2.45 bits per heavy atom.